The normalized spacial score (nSPS) is 25.6. The molecule has 3 unspecified atom stereocenters. The second-order valence-corrected chi connectivity index (χ2v) is 10.9. The van der Waals surface area contributed by atoms with E-state index < -0.39 is 69.7 Å². The van der Waals surface area contributed by atoms with Gasteiger partial charge in [-0.05, 0) is 56.6 Å². The molecule has 0 saturated heterocycles. The van der Waals surface area contributed by atoms with E-state index in [1.54, 1.807) is 33.1 Å². The summed E-state index contributed by atoms with van der Waals surface area (Å²) in [4.78, 5) is 55.5. The maximum absolute atomic E-state index is 14.0. The highest BCUT2D eigenvalue weighted by Crippen LogP contribution is 2.53. The third kappa shape index (κ3) is 3.91. The number of ketones is 2. The molecule has 13 heteroatoms. The zero-order valence-electron chi connectivity index (χ0n) is 22.8. The van der Waals surface area contributed by atoms with Gasteiger partial charge in [-0.3, -0.25) is 24.1 Å². The number of hydrogen-bond acceptors (Lipinski definition) is 11. The SMILES string of the molecule is CN(C)c1cc(NC(=O)c2ccco2)c(O)c2c1CC1CC3[C@H](N(C)C)C(O)=C(C(N)=O)C(=O)C3(O)C(O)=C1C2=O. The van der Waals surface area contributed by atoms with Crippen LogP contribution in [0.3, 0.4) is 0 Å². The van der Waals surface area contributed by atoms with Crippen molar-refractivity contribution in [1.82, 2.24) is 4.90 Å². The Morgan fingerprint density at radius 1 is 1.15 bits per heavy atom. The first-order chi connectivity index (χ1) is 19.2. The molecular weight excluding hydrogens is 536 g/mol. The molecule has 5 rings (SSSR count). The van der Waals surface area contributed by atoms with Gasteiger partial charge in [0.2, 0.25) is 5.78 Å². The average Bonchev–Trinajstić information content (AvgIpc) is 3.42. The van der Waals surface area contributed by atoms with Crippen molar-refractivity contribution in [2.75, 3.05) is 38.4 Å². The number of nitrogens with two attached hydrogens (primary N) is 1. The molecule has 3 aliphatic carbocycles. The summed E-state index contributed by atoms with van der Waals surface area (Å²) in [5.41, 5.74) is 2.08. The molecule has 41 heavy (non-hydrogen) atoms. The van der Waals surface area contributed by atoms with Gasteiger partial charge in [0.15, 0.2) is 22.9 Å². The Labute approximate surface area is 234 Å². The summed E-state index contributed by atoms with van der Waals surface area (Å²) in [7, 11) is 6.56. The summed E-state index contributed by atoms with van der Waals surface area (Å²) in [6, 6.07) is 3.36. The third-order valence-corrected chi connectivity index (χ3v) is 8.17. The van der Waals surface area contributed by atoms with Crippen molar-refractivity contribution in [3.8, 4) is 5.75 Å². The molecule has 3 aliphatic rings. The molecule has 0 aliphatic heterocycles. The lowest BCUT2D eigenvalue weighted by atomic mass is 9.58. The minimum atomic E-state index is -2.74. The number of nitrogens with zero attached hydrogens (tertiary/aromatic N) is 2. The number of carbonyl (C=O) groups is 4. The number of phenolic OH excluding ortho intramolecular Hbond substituents is 1. The van der Waals surface area contributed by atoms with Gasteiger partial charge in [0.05, 0.1) is 23.6 Å². The number of aliphatic hydroxyl groups is 3. The Balaban J connectivity index is 1.69. The van der Waals surface area contributed by atoms with E-state index in [1.807, 2.05) is 0 Å². The molecule has 4 atom stereocenters. The van der Waals surface area contributed by atoms with E-state index in [0.717, 1.165) is 0 Å². The predicted molar refractivity (Wildman–Crippen MR) is 145 cm³/mol. The first kappa shape index (κ1) is 27.9. The third-order valence-electron chi connectivity index (χ3n) is 8.17. The van der Waals surface area contributed by atoms with Crippen molar-refractivity contribution in [3.63, 3.8) is 0 Å². The second kappa shape index (κ2) is 9.49. The minimum absolute atomic E-state index is 0.0314. The molecule has 2 aromatic rings. The molecular formula is C28H30N4O9. The number of phenols is 1. The number of hydrogen-bond donors (Lipinski definition) is 6. The maximum Gasteiger partial charge on any atom is 0.291 e. The quantitative estimate of drug-likeness (QED) is 0.223. The highest BCUT2D eigenvalue weighted by molar-refractivity contribution is 6.25. The Bertz CT molecular complexity index is 1570. The van der Waals surface area contributed by atoms with Crippen molar-refractivity contribution in [1.29, 1.82) is 0 Å². The number of aliphatic hydroxyl groups excluding tert-OH is 2. The average molecular weight is 567 g/mol. The molecule has 0 radical (unpaired) electrons. The number of anilines is 2. The van der Waals surface area contributed by atoms with Crippen molar-refractivity contribution in [2.24, 2.45) is 17.6 Å². The Morgan fingerprint density at radius 3 is 2.39 bits per heavy atom. The van der Waals surface area contributed by atoms with Gasteiger partial charge in [-0.25, -0.2) is 0 Å². The number of likely N-dealkylation sites (N-methyl/N-ethyl adjacent to an activating group) is 1. The number of benzene rings is 1. The van der Waals surface area contributed by atoms with E-state index in [2.05, 4.69) is 5.32 Å². The lowest BCUT2D eigenvalue weighted by Crippen LogP contribution is -2.63. The number of nitrogens with one attached hydrogen (secondary N) is 1. The summed E-state index contributed by atoms with van der Waals surface area (Å²) >= 11 is 0. The van der Waals surface area contributed by atoms with E-state index in [1.165, 1.54) is 29.4 Å². The molecule has 1 aromatic heterocycles. The number of aromatic hydroxyl groups is 1. The van der Waals surface area contributed by atoms with Crippen LogP contribution in [0.4, 0.5) is 11.4 Å². The van der Waals surface area contributed by atoms with Crippen LogP contribution < -0.4 is 16.0 Å². The number of amides is 2. The Kier molecular flexibility index (Phi) is 6.46. The topological polar surface area (TPSA) is 207 Å². The number of Topliss-reactive ketones (excluding diaryl/α,β-unsaturated/α-hetero) is 2. The fourth-order valence-electron chi connectivity index (χ4n) is 6.38. The van der Waals surface area contributed by atoms with Gasteiger partial charge < -0.3 is 40.8 Å². The van der Waals surface area contributed by atoms with Crippen LogP contribution in [0, 0.1) is 11.8 Å². The monoisotopic (exact) mass is 566 g/mol. The van der Waals surface area contributed by atoms with Crippen molar-refractivity contribution >= 4 is 34.8 Å². The Morgan fingerprint density at radius 2 is 1.83 bits per heavy atom. The van der Waals surface area contributed by atoms with E-state index in [0.29, 0.717) is 11.3 Å². The molecule has 7 N–H and O–H groups in total. The smallest absolute Gasteiger partial charge is 0.291 e. The summed E-state index contributed by atoms with van der Waals surface area (Å²) in [6.45, 7) is 0. The predicted octanol–water partition coefficient (Wildman–Crippen LogP) is 1.03. The summed E-state index contributed by atoms with van der Waals surface area (Å²) < 4.78 is 5.10. The van der Waals surface area contributed by atoms with E-state index in [4.69, 9.17) is 10.2 Å². The van der Waals surface area contributed by atoms with Gasteiger partial charge in [-0.2, -0.15) is 0 Å². The lowest BCUT2D eigenvalue weighted by Gasteiger charge is -2.50. The highest BCUT2D eigenvalue weighted by Gasteiger charge is 2.63. The van der Waals surface area contributed by atoms with Gasteiger partial charge in [-0.1, -0.05) is 0 Å². The van der Waals surface area contributed by atoms with E-state index in [9.17, 15) is 39.6 Å². The minimum Gasteiger partial charge on any atom is -0.510 e. The number of carbonyl (C=O) groups excluding carboxylic acids is 4. The molecule has 0 spiro atoms. The highest BCUT2D eigenvalue weighted by atomic mass is 16.4. The van der Waals surface area contributed by atoms with Gasteiger partial charge in [0.25, 0.3) is 11.8 Å². The van der Waals surface area contributed by atoms with Gasteiger partial charge in [-0.15, -0.1) is 0 Å². The molecule has 1 heterocycles. The van der Waals surface area contributed by atoms with Crippen LogP contribution in [0.1, 0.15) is 32.9 Å². The first-order valence-corrected chi connectivity index (χ1v) is 12.8. The van der Waals surface area contributed by atoms with Crippen LogP contribution in [-0.4, -0.2) is 88.5 Å². The number of fused-ring (bicyclic) bond motifs is 3. The molecule has 2 amide bonds. The van der Waals surface area contributed by atoms with Crippen LogP contribution in [0.15, 0.2) is 51.5 Å². The zero-order valence-corrected chi connectivity index (χ0v) is 22.8. The molecule has 216 valence electrons. The summed E-state index contributed by atoms with van der Waals surface area (Å²) in [6.07, 6.45) is 1.39. The molecule has 0 saturated carbocycles. The second-order valence-electron chi connectivity index (χ2n) is 10.9. The number of furan rings is 1. The van der Waals surface area contributed by atoms with Crippen molar-refractivity contribution in [3.05, 3.63) is 64.0 Å². The van der Waals surface area contributed by atoms with E-state index in [-0.39, 0.29) is 35.4 Å². The van der Waals surface area contributed by atoms with Crippen LogP contribution in [0.25, 0.3) is 0 Å². The van der Waals surface area contributed by atoms with Crippen LogP contribution in [0.2, 0.25) is 0 Å². The van der Waals surface area contributed by atoms with Crippen molar-refractivity contribution in [2.45, 2.75) is 24.5 Å². The van der Waals surface area contributed by atoms with Gasteiger partial charge >= 0.3 is 0 Å². The molecule has 1 aromatic carbocycles. The molecule has 0 fully saturated rings. The van der Waals surface area contributed by atoms with Gasteiger partial charge in [0.1, 0.15) is 17.1 Å². The summed E-state index contributed by atoms with van der Waals surface area (Å²) in [5.74, 6) is -8.20. The van der Waals surface area contributed by atoms with Crippen molar-refractivity contribution < 1.29 is 44.0 Å². The summed E-state index contributed by atoms with van der Waals surface area (Å²) in [5, 5.41) is 47.8. The Hall–Kier alpha value is -4.62. The van der Waals surface area contributed by atoms with Gasteiger partial charge in [0, 0.05) is 31.3 Å². The first-order valence-electron chi connectivity index (χ1n) is 12.8. The number of primary amides is 1. The van der Waals surface area contributed by atoms with E-state index >= 15 is 0 Å². The standard InChI is InChI=1S/C28H30N4O9/c1-31(2)15-10-14(30-27(39)16-6-5-7-41-16)21(33)18-12(15)8-11-9-13-20(32(3)4)23(35)19(26(29)38)25(37)28(13,40)24(36)17(11)22(18)34/h5-7,10-11,13,20,33,35-36,40H,8-9H2,1-4H3,(H2,29,38)(H,30,39)/t11?,13?,20-,28?/m0/s1. The fraction of sp³-hybridized carbons (Fsp3) is 0.357. The molecule has 13 nitrogen and oxygen atoms in total. The zero-order chi connectivity index (χ0) is 30.1. The number of rotatable bonds is 5. The largest absolute Gasteiger partial charge is 0.510 e. The lowest BCUT2D eigenvalue weighted by molar-refractivity contribution is -0.148. The van der Waals surface area contributed by atoms with Crippen LogP contribution in [0.5, 0.6) is 5.75 Å². The molecule has 0 bridgehead atoms. The maximum atomic E-state index is 14.0. The van der Waals surface area contributed by atoms with Crippen LogP contribution >= 0.6 is 0 Å². The fourth-order valence-corrected chi connectivity index (χ4v) is 6.38. The van der Waals surface area contributed by atoms with Crippen LogP contribution in [-0.2, 0) is 16.0 Å². The number of allylic oxidation sites excluding steroid dienone is 1.